The molecule has 0 fully saturated rings. The Balaban J connectivity index is 0.00000280. The summed E-state index contributed by atoms with van der Waals surface area (Å²) in [6.45, 7) is 4.26. The van der Waals surface area contributed by atoms with Crippen molar-refractivity contribution >= 4 is 41.5 Å². The van der Waals surface area contributed by atoms with Gasteiger partial charge in [0, 0.05) is 18.1 Å². The van der Waals surface area contributed by atoms with E-state index in [0.29, 0.717) is 6.54 Å². The normalized spacial score (nSPS) is 11.0. The second-order valence-corrected chi connectivity index (χ2v) is 6.44. The van der Waals surface area contributed by atoms with Gasteiger partial charge in [-0.05, 0) is 48.7 Å². The fourth-order valence-corrected chi connectivity index (χ4v) is 2.84. The summed E-state index contributed by atoms with van der Waals surface area (Å²) in [6, 6.07) is 16.1. The molecule has 0 saturated heterocycles. The van der Waals surface area contributed by atoms with Gasteiger partial charge in [0.05, 0.1) is 12.2 Å². The largest absolute Gasteiger partial charge is 0.357 e. The van der Waals surface area contributed by atoms with Crippen molar-refractivity contribution in [2.75, 3.05) is 13.1 Å². The number of nitrogens with one attached hydrogen (secondary N) is 2. The van der Waals surface area contributed by atoms with Crippen LogP contribution in [0.25, 0.3) is 5.69 Å². The van der Waals surface area contributed by atoms with Crippen LogP contribution in [0.1, 0.15) is 18.1 Å². The number of hydrogen-bond acceptors (Lipinski definition) is 3. The number of benzene rings is 2. The predicted octanol–water partition coefficient (Wildman–Crippen LogP) is 3.84. The number of guanidine groups is 1. The molecule has 0 amide bonds. The molecular weight excluding hydrogens is 487 g/mol. The fourth-order valence-electron chi connectivity index (χ4n) is 2.63. The zero-order valence-electron chi connectivity index (χ0n) is 15.7. The summed E-state index contributed by atoms with van der Waals surface area (Å²) in [5.74, 6) is 0.805. The Morgan fingerprint density at radius 3 is 2.61 bits per heavy atom. The maximum Gasteiger partial charge on any atom is 0.191 e. The first-order chi connectivity index (χ1) is 13.2. The van der Waals surface area contributed by atoms with E-state index in [1.54, 1.807) is 11.0 Å². The van der Waals surface area contributed by atoms with E-state index in [0.717, 1.165) is 41.7 Å². The van der Waals surface area contributed by atoms with Crippen molar-refractivity contribution < 1.29 is 0 Å². The van der Waals surface area contributed by atoms with Gasteiger partial charge in [0.2, 0.25) is 0 Å². The van der Waals surface area contributed by atoms with Crippen LogP contribution in [-0.2, 0) is 13.0 Å². The Morgan fingerprint density at radius 1 is 1.11 bits per heavy atom. The van der Waals surface area contributed by atoms with Crippen molar-refractivity contribution in [3.8, 4) is 5.69 Å². The standard InChI is InChI=1S/C20H23ClN6.HI/c1-2-23-20(24-11-10-16-4-3-5-18(21)12-16)25-13-17-6-8-19(9-7-17)27-15-22-14-26-27;/h3-9,12,14-15H,2,10-11,13H2,1H3,(H2,23,24,25);1H. The molecule has 1 heterocycles. The quantitative estimate of drug-likeness (QED) is 0.288. The van der Waals surface area contributed by atoms with Crippen LogP contribution in [0.4, 0.5) is 0 Å². The molecule has 6 nitrogen and oxygen atoms in total. The van der Waals surface area contributed by atoms with Crippen molar-refractivity contribution in [3.63, 3.8) is 0 Å². The van der Waals surface area contributed by atoms with Crippen LogP contribution < -0.4 is 10.6 Å². The third kappa shape index (κ3) is 6.79. The molecule has 3 rings (SSSR count). The van der Waals surface area contributed by atoms with E-state index in [4.69, 9.17) is 11.6 Å². The molecule has 2 aromatic carbocycles. The highest BCUT2D eigenvalue weighted by Crippen LogP contribution is 2.11. The number of aliphatic imine (C=N–C) groups is 1. The molecular formula is C20H24ClIN6. The molecule has 3 aromatic rings. The highest BCUT2D eigenvalue weighted by molar-refractivity contribution is 14.0. The first-order valence-electron chi connectivity index (χ1n) is 8.95. The Bertz CT molecular complexity index is 865. The fraction of sp³-hybridized carbons (Fsp3) is 0.250. The van der Waals surface area contributed by atoms with E-state index in [1.807, 2.05) is 30.3 Å². The lowest BCUT2D eigenvalue weighted by atomic mass is 10.1. The van der Waals surface area contributed by atoms with Gasteiger partial charge < -0.3 is 10.6 Å². The van der Waals surface area contributed by atoms with E-state index in [1.165, 1.54) is 11.9 Å². The third-order valence-corrected chi connectivity index (χ3v) is 4.21. The van der Waals surface area contributed by atoms with Crippen LogP contribution in [0.5, 0.6) is 0 Å². The highest BCUT2D eigenvalue weighted by atomic mass is 127. The predicted molar refractivity (Wildman–Crippen MR) is 125 cm³/mol. The van der Waals surface area contributed by atoms with Crippen LogP contribution >= 0.6 is 35.6 Å². The molecule has 0 radical (unpaired) electrons. The monoisotopic (exact) mass is 510 g/mol. The SMILES string of the molecule is CCNC(=NCc1ccc(-n2cncn2)cc1)NCCc1cccc(Cl)c1.I. The van der Waals surface area contributed by atoms with Gasteiger partial charge in [0.25, 0.3) is 0 Å². The first kappa shape index (κ1) is 22.2. The second kappa shape index (κ2) is 11.7. The summed E-state index contributed by atoms with van der Waals surface area (Å²) < 4.78 is 1.73. The van der Waals surface area contributed by atoms with Crippen LogP contribution in [0.2, 0.25) is 5.02 Å². The van der Waals surface area contributed by atoms with Gasteiger partial charge in [-0.25, -0.2) is 14.7 Å². The molecule has 0 aliphatic heterocycles. The smallest absolute Gasteiger partial charge is 0.191 e. The van der Waals surface area contributed by atoms with Crippen LogP contribution in [0.3, 0.4) is 0 Å². The molecule has 1 aromatic heterocycles. The minimum atomic E-state index is 0. The van der Waals surface area contributed by atoms with Crippen LogP contribution in [0, 0.1) is 0 Å². The van der Waals surface area contributed by atoms with Gasteiger partial charge in [0.1, 0.15) is 12.7 Å². The van der Waals surface area contributed by atoms with E-state index in [-0.39, 0.29) is 24.0 Å². The van der Waals surface area contributed by atoms with Gasteiger partial charge in [0.15, 0.2) is 5.96 Å². The number of rotatable bonds is 7. The van der Waals surface area contributed by atoms with Crippen molar-refractivity contribution in [1.29, 1.82) is 0 Å². The van der Waals surface area contributed by atoms with Crippen LogP contribution in [0.15, 0.2) is 66.2 Å². The van der Waals surface area contributed by atoms with E-state index < -0.39 is 0 Å². The van der Waals surface area contributed by atoms with Crippen molar-refractivity contribution in [2.45, 2.75) is 19.9 Å². The van der Waals surface area contributed by atoms with Gasteiger partial charge in [-0.3, -0.25) is 0 Å². The lowest BCUT2D eigenvalue weighted by molar-refractivity contribution is 0.799. The van der Waals surface area contributed by atoms with Gasteiger partial charge >= 0.3 is 0 Å². The number of nitrogens with zero attached hydrogens (tertiary/aromatic N) is 4. The molecule has 0 spiro atoms. The molecule has 0 bridgehead atoms. The summed E-state index contributed by atoms with van der Waals surface area (Å²) >= 11 is 6.03. The molecule has 8 heteroatoms. The molecule has 0 unspecified atom stereocenters. The zero-order chi connectivity index (χ0) is 18.9. The molecule has 148 valence electrons. The van der Waals surface area contributed by atoms with Gasteiger partial charge in [-0.15, -0.1) is 24.0 Å². The molecule has 0 aliphatic rings. The van der Waals surface area contributed by atoms with Gasteiger partial charge in [-0.1, -0.05) is 35.9 Å². The Labute approximate surface area is 187 Å². The minimum absolute atomic E-state index is 0. The third-order valence-electron chi connectivity index (χ3n) is 3.98. The maximum atomic E-state index is 6.03. The second-order valence-electron chi connectivity index (χ2n) is 6.01. The van der Waals surface area contributed by atoms with Gasteiger partial charge in [-0.2, -0.15) is 5.10 Å². The van der Waals surface area contributed by atoms with E-state index in [9.17, 15) is 0 Å². The maximum absolute atomic E-state index is 6.03. The Hall–Kier alpha value is -2.13. The number of halogens is 2. The molecule has 0 aliphatic carbocycles. The summed E-state index contributed by atoms with van der Waals surface area (Å²) in [7, 11) is 0. The van der Waals surface area contributed by atoms with Crippen LogP contribution in [-0.4, -0.2) is 33.8 Å². The van der Waals surface area contributed by atoms with Crippen molar-refractivity contribution in [1.82, 2.24) is 25.4 Å². The Kier molecular flexibility index (Phi) is 9.22. The minimum Gasteiger partial charge on any atom is -0.357 e. The topological polar surface area (TPSA) is 67.1 Å². The lowest BCUT2D eigenvalue weighted by Crippen LogP contribution is -2.38. The highest BCUT2D eigenvalue weighted by Gasteiger charge is 2.01. The summed E-state index contributed by atoms with van der Waals surface area (Å²) in [5.41, 5.74) is 3.31. The van der Waals surface area contributed by atoms with E-state index in [2.05, 4.69) is 50.8 Å². The zero-order valence-corrected chi connectivity index (χ0v) is 18.8. The first-order valence-corrected chi connectivity index (χ1v) is 9.33. The van der Waals surface area contributed by atoms with E-state index >= 15 is 0 Å². The average Bonchev–Trinajstić information content (AvgIpc) is 3.21. The lowest BCUT2D eigenvalue weighted by Gasteiger charge is -2.11. The Morgan fingerprint density at radius 2 is 1.93 bits per heavy atom. The summed E-state index contributed by atoms with van der Waals surface area (Å²) in [5, 5.41) is 11.5. The summed E-state index contributed by atoms with van der Waals surface area (Å²) in [6.07, 6.45) is 4.09. The number of aromatic nitrogens is 3. The molecule has 28 heavy (non-hydrogen) atoms. The molecule has 0 atom stereocenters. The summed E-state index contributed by atoms with van der Waals surface area (Å²) in [4.78, 5) is 8.62. The number of hydrogen-bond donors (Lipinski definition) is 2. The molecule has 2 N–H and O–H groups in total. The molecule has 0 saturated carbocycles. The average molecular weight is 511 g/mol. The van der Waals surface area contributed by atoms with Crippen molar-refractivity contribution in [2.24, 2.45) is 4.99 Å². The van der Waals surface area contributed by atoms with Crippen molar-refractivity contribution in [3.05, 3.63) is 77.3 Å².